The molecule has 0 aliphatic heterocycles. The van der Waals surface area contributed by atoms with E-state index in [-0.39, 0.29) is 0 Å². The van der Waals surface area contributed by atoms with Crippen LogP contribution in [0.15, 0.2) is 11.6 Å². The molecule has 3 saturated carbocycles. The lowest BCUT2D eigenvalue weighted by atomic mass is 9.45. The molecule has 0 heterocycles. The lowest BCUT2D eigenvalue weighted by Crippen LogP contribution is -2.53. The highest BCUT2D eigenvalue weighted by atomic mass is 16.5. The van der Waals surface area contributed by atoms with Crippen LogP contribution in [0.5, 0.6) is 0 Å². The van der Waals surface area contributed by atoms with Gasteiger partial charge in [-0.1, -0.05) is 39.3 Å². The molecule has 9 atom stereocenters. The lowest BCUT2D eigenvalue weighted by Gasteiger charge is -2.60. The summed E-state index contributed by atoms with van der Waals surface area (Å²) >= 11 is 0. The van der Waals surface area contributed by atoms with Crippen molar-refractivity contribution in [3.8, 4) is 0 Å². The highest BCUT2D eigenvalue weighted by molar-refractivity contribution is 5.66. The Hall–Kier alpha value is -0.830. The van der Waals surface area contributed by atoms with Crippen molar-refractivity contribution in [1.29, 1.82) is 0 Å². The van der Waals surface area contributed by atoms with Gasteiger partial charge in [-0.25, -0.2) is 0 Å². The second-order valence-corrected chi connectivity index (χ2v) is 11.5. The van der Waals surface area contributed by atoms with Crippen LogP contribution in [-0.4, -0.2) is 24.3 Å². The van der Waals surface area contributed by atoms with Crippen molar-refractivity contribution in [3.63, 3.8) is 0 Å². The van der Waals surface area contributed by atoms with Crippen molar-refractivity contribution >= 4 is 5.97 Å². The molecule has 0 aromatic carbocycles. The number of methoxy groups -OCH3 is 1. The summed E-state index contributed by atoms with van der Waals surface area (Å²) in [5.41, 5.74) is 2.46. The quantitative estimate of drug-likeness (QED) is 0.547. The molecule has 4 aliphatic carbocycles. The van der Waals surface area contributed by atoms with E-state index in [2.05, 4.69) is 33.8 Å². The minimum absolute atomic E-state index is 0.326. The molecule has 1 N–H and O–H groups in total. The molecule has 0 spiro atoms. The molecule has 0 radical (unpaired) electrons. The smallest absolute Gasteiger partial charge is 0.303 e. The van der Waals surface area contributed by atoms with Crippen LogP contribution in [-0.2, 0) is 9.53 Å². The van der Waals surface area contributed by atoms with Gasteiger partial charge in [-0.05, 0) is 97.7 Å². The maximum absolute atomic E-state index is 11.1. The minimum atomic E-state index is -0.640. The summed E-state index contributed by atoms with van der Waals surface area (Å²) < 4.78 is 5.77. The number of hydrogen-bond acceptors (Lipinski definition) is 2. The van der Waals surface area contributed by atoms with Crippen molar-refractivity contribution in [2.75, 3.05) is 7.11 Å². The zero-order chi connectivity index (χ0) is 21.0. The number of carboxylic acid groups (broad SMARTS) is 1. The van der Waals surface area contributed by atoms with Gasteiger partial charge in [-0.15, -0.1) is 0 Å². The number of allylic oxidation sites excluding steroid dienone is 1. The predicted octanol–water partition coefficient (Wildman–Crippen LogP) is 6.33. The Balaban J connectivity index is 1.56. The molecule has 0 amide bonds. The van der Waals surface area contributed by atoms with E-state index in [1.807, 2.05) is 7.11 Å². The fourth-order valence-electron chi connectivity index (χ4n) is 8.76. The van der Waals surface area contributed by atoms with Crippen LogP contribution in [0.25, 0.3) is 0 Å². The Morgan fingerprint density at radius 2 is 2.03 bits per heavy atom. The van der Waals surface area contributed by atoms with Gasteiger partial charge in [0, 0.05) is 13.5 Å². The fraction of sp³-hybridized carbons (Fsp3) is 0.885. The summed E-state index contributed by atoms with van der Waals surface area (Å²) in [6, 6.07) is 0. The lowest BCUT2D eigenvalue weighted by molar-refractivity contribution is -0.137. The Bertz CT molecular complexity index is 669. The van der Waals surface area contributed by atoms with E-state index >= 15 is 0 Å². The molecule has 3 heteroatoms. The van der Waals surface area contributed by atoms with E-state index in [0.29, 0.717) is 41.1 Å². The summed E-state index contributed by atoms with van der Waals surface area (Å²) in [4.78, 5) is 11.1. The van der Waals surface area contributed by atoms with Crippen LogP contribution in [0.1, 0.15) is 85.5 Å². The molecule has 0 aromatic heterocycles. The van der Waals surface area contributed by atoms with Crippen LogP contribution < -0.4 is 0 Å². The standard InChI is InChI=1S/C26H42O3/c1-16(6-11-24(27)28)21-9-10-22-20-8-7-18-15-19(29-5)14-17(2)26(18,4)23(20)12-13-25(21,22)3/h7,16-17,19-23H,6,8-15H2,1-5H3,(H,27,28)/t16-,17?,19+,20+,21-,22+,23+,25-,26+/m1/s1. The third-order valence-corrected chi connectivity index (χ3v) is 10.5. The molecule has 4 rings (SSSR count). The number of carbonyl (C=O) groups is 1. The maximum atomic E-state index is 11.1. The zero-order valence-electron chi connectivity index (χ0n) is 19.2. The molecule has 4 aliphatic rings. The van der Waals surface area contributed by atoms with Gasteiger partial charge < -0.3 is 9.84 Å². The maximum Gasteiger partial charge on any atom is 0.303 e. The number of fused-ring (bicyclic) bond motifs is 5. The zero-order valence-corrected chi connectivity index (χ0v) is 19.2. The Kier molecular flexibility index (Phi) is 5.68. The number of hydrogen-bond donors (Lipinski definition) is 1. The number of ether oxygens (including phenoxy) is 1. The SMILES string of the molecule is CO[C@@H]1CC2=CC[C@H]3[C@@H]4CC[C@H]([C@H](C)CCC(=O)O)[C@@]4(C)CC[C@@H]3[C@@]2(C)C(C)C1. The Labute approximate surface area is 177 Å². The molecule has 0 bridgehead atoms. The number of carboxylic acids is 1. The summed E-state index contributed by atoms with van der Waals surface area (Å²) in [6.45, 7) is 9.94. The first-order valence-electron chi connectivity index (χ1n) is 12.2. The largest absolute Gasteiger partial charge is 0.481 e. The molecular formula is C26H42O3. The van der Waals surface area contributed by atoms with E-state index in [9.17, 15) is 4.79 Å². The Morgan fingerprint density at radius 1 is 1.28 bits per heavy atom. The first kappa shape index (κ1) is 21.4. The normalized spacial score (nSPS) is 47.6. The fourth-order valence-corrected chi connectivity index (χ4v) is 8.76. The molecule has 0 aromatic rings. The highest BCUT2D eigenvalue weighted by Crippen LogP contribution is 2.68. The molecule has 29 heavy (non-hydrogen) atoms. The van der Waals surface area contributed by atoms with Crippen molar-refractivity contribution in [1.82, 2.24) is 0 Å². The molecular weight excluding hydrogens is 360 g/mol. The van der Waals surface area contributed by atoms with Crippen LogP contribution >= 0.6 is 0 Å². The molecule has 1 unspecified atom stereocenters. The van der Waals surface area contributed by atoms with E-state index in [4.69, 9.17) is 9.84 Å². The van der Waals surface area contributed by atoms with Crippen LogP contribution in [0.3, 0.4) is 0 Å². The average Bonchev–Trinajstić information content (AvgIpc) is 3.04. The first-order chi connectivity index (χ1) is 13.7. The summed E-state index contributed by atoms with van der Waals surface area (Å²) in [6.07, 6.45) is 13.1. The van der Waals surface area contributed by atoms with E-state index in [1.54, 1.807) is 5.57 Å². The average molecular weight is 403 g/mol. The van der Waals surface area contributed by atoms with Gasteiger partial charge >= 0.3 is 5.97 Å². The second kappa shape index (κ2) is 7.70. The van der Waals surface area contributed by atoms with Crippen molar-refractivity contribution < 1.29 is 14.6 Å². The first-order valence-corrected chi connectivity index (χ1v) is 12.2. The molecule has 3 nitrogen and oxygen atoms in total. The van der Waals surface area contributed by atoms with Gasteiger partial charge in [0.1, 0.15) is 0 Å². The monoisotopic (exact) mass is 402 g/mol. The van der Waals surface area contributed by atoms with Crippen LogP contribution in [0.2, 0.25) is 0 Å². The van der Waals surface area contributed by atoms with Gasteiger partial charge in [-0.3, -0.25) is 4.79 Å². The Morgan fingerprint density at radius 3 is 2.72 bits per heavy atom. The third kappa shape index (κ3) is 3.30. The topological polar surface area (TPSA) is 46.5 Å². The summed E-state index contributed by atoms with van der Waals surface area (Å²) in [5, 5.41) is 9.14. The molecule has 164 valence electrons. The second-order valence-electron chi connectivity index (χ2n) is 11.5. The predicted molar refractivity (Wildman–Crippen MR) is 117 cm³/mol. The van der Waals surface area contributed by atoms with Crippen LogP contribution in [0, 0.1) is 46.3 Å². The van der Waals surface area contributed by atoms with Gasteiger partial charge in [0.15, 0.2) is 0 Å². The van der Waals surface area contributed by atoms with Gasteiger partial charge in [-0.2, -0.15) is 0 Å². The van der Waals surface area contributed by atoms with Gasteiger partial charge in [0.05, 0.1) is 6.10 Å². The van der Waals surface area contributed by atoms with E-state index in [0.717, 1.165) is 30.6 Å². The minimum Gasteiger partial charge on any atom is -0.481 e. The van der Waals surface area contributed by atoms with Crippen LogP contribution in [0.4, 0.5) is 0 Å². The molecule has 3 fully saturated rings. The summed E-state index contributed by atoms with van der Waals surface area (Å²) in [7, 11) is 1.88. The highest BCUT2D eigenvalue weighted by Gasteiger charge is 2.60. The van der Waals surface area contributed by atoms with Gasteiger partial charge in [0.2, 0.25) is 0 Å². The van der Waals surface area contributed by atoms with E-state index in [1.165, 1.54) is 38.5 Å². The van der Waals surface area contributed by atoms with Crippen molar-refractivity contribution in [3.05, 3.63) is 11.6 Å². The number of rotatable bonds is 5. The van der Waals surface area contributed by atoms with Crippen molar-refractivity contribution in [2.45, 2.75) is 91.6 Å². The molecule has 0 saturated heterocycles. The summed E-state index contributed by atoms with van der Waals surface area (Å²) in [5.74, 6) is 3.74. The van der Waals surface area contributed by atoms with Crippen molar-refractivity contribution in [2.24, 2.45) is 46.3 Å². The third-order valence-electron chi connectivity index (χ3n) is 10.5. The van der Waals surface area contributed by atoms with Gasteiger partial charge in [0.25, 0.3) is 0 Å². The van der Waals surface area contributed by atoms with E-state index < -0.39 is 5.97 Å². The number of aliphatic carboxylic acids is 1.